The molecule has 0 aliphatic rings. The highest BCUT2D eigenvalue weighted by Gasteiger charge is 2.19. The van der Waals surface area contributed by atoms with Crippen molar-refractivity contribution in [2.24, 2.45) is 11.7 Å². The average Bonchev–Trinajstić information content (AvgIpc) is 2.88. The summed E-state index contributed by atoms with van der Waals surface area (Å²) >= 11 is 0. The number of hydrogen-bond donors (Lipinski definition) is 1. The number of hydrogen-bond acceptors (Lipinski definition) is 3. The summed E-state index contributed by atoms with van der Waals surface area (Å²) in [5, 5.41) is 0. The molecular weight excluding hydrogens is 257 g/mol. The van der Waals surface area contributed by atoms with Gasteiger partial charge in [0.1, 0.15) is 0 Å². The number of rotatable bonds is 5. The number of aromatic nitrogens is 2. The van der Waals surface area contributed by atoms with Crippen LogP contribution in [0.4, 0.5) is 4.39 Å². The molecule has 2 aromatic rings. The molecule has 2 rings (SSSR count). The SMILES string of the molecule is COc1ccc(-n2cncc2C(CN)C(C)C)cc1F. The molecule has 2 N–H and O–H groups in total. The van der Waals surface area contributed by atoms with Crippen LogP contribution in [0, 0.1) is 11.7 Å². The highest BCUT2D eigenvalue weighted by atomic mass is 19.1. The number of nitrogens with two attached hydrogens (primary N) is 1. The van der Waals surface area contributed by atoms with Crippen LogP contribution in [-0.2, 0) is 0 Å². The van der Waals surface area contributed by atoms with Crippen LogP contribution in [0.25, 0.3) is 5.69 Å². The smallest absolute Gasteiger partial charge is 0.167 e. The fraction of sp³-hybridized carbons (Fsp3) is 0.400. The van der Waals surface area contributed by atoms with E-state index in [0.717, 1.165) is 11.4 Å². The molecule has 1 atom stereocenters. The number of benzene rings is 1. The Bertz CT molecular complexity index is 580. The fourth-order valence-corrected chi connectivity index (χ4v) is 2.33. The van der Waals surface area contributed by atoms with Crippen LogP contribution in [0.2, 0.25) is 0 Å². The maximum atomic E-state index is 13.8. The zero-order chi connectivity index (χ0) is 14.7. The Morgan fingerprint density at radius 2 is 2.15 bits per heavy atom. The van der Waals surface area contributed by atoms with E-state index in [1.165, 1.54) is 13.2 Å². The summed E-state index contributed by atoms with van der Waals surface area (Å²) in [7, 11) is 1.45. The van der Waals surface area contributed by atoms with Crippen LogP contribution in [-0.4, -0.2) is 23.2 Å². The summed E-state index contributed by atoms with van der Waals surface area (Å²) in [6.45, 7) is 4.76. The van der Waals surface area contributed by atoms with Crippen molar-refractivity contribution >= 4 is 0 Å². The molecule has 1 heterocycles. The summed E-state index contributed by atoms with van der Waals surface area (Å²) < 4.78 is 20.6. The minimum Gasteiger partial charge on any atom is -0.494 e. The molecule has 20 heavy (non-hydrogen) atoms. The molecule has 1 aromatic carbocycles. The summed E-state index contributed by atoms with van der Waals surface area (Å²) in [5.41, 5.74) is 7.56. The molecule has 1 aromatic heterocycles. The highest BCUT2D eigenvalue weighted by molar-refractivity contribution is 5.40. The molecule has 0 fully saturated rings. The second-order valence-electron chi connectivity index (χ2n) is 5.09. The first kappa shape index (κ1) is 14.5. The van der Waals surface area contributed by atoms with Crippen LogP contribution in [0.3, 0.4) is 0 Å². The van der Waals surface area contributed by atoms with Gasteiger partial charge in [-0.05, 0) is 18.1 Å². The molecular formula is C15H20FN3O. The lowest BCUT2D eigenvalue weighted by Crippen LogP contribution is -2.20. The maximum absolute atomic E-state index is 13.8. The average molecular weight is 277 g/mol. The van der Waals surface area contributed by atoms with Gasteiger partial charge in [0.2, 0.25) is 0 Å². The predicted octanol–water partition coefficient (Wildman–Crippen LogP) is 2.72. The van der Waals surface area contributed by atoms with E-state index in [-0.39, 0.29) is 11.7 Å². The molecule has 1 unspecified atom stereocenters. The first-order valence-corrected chi connectivity index (χ1v) is 6.64. The molecule has 0 spiro atoms. The van der Waals surface area contributed by atoms with Gasteiger partial charge in [0.25, 0.3) is 0 Å². The Hall–Kier alpha value is -1.88. The number of halogens is 1. The summed E-state index contributed by atoms with van der Waals surface area (Å²) in [4.78, 5) is 4.18. The van der Waals surface area contributed by atoms with Crippen molar-refractivity contribution in [3.63, 3.8) is 0 Å². The minimum atomic E-state index is -0.390. The second kappa shape index (κ2) is 6.05. The third kappa shape index (κ3) is 2.67. The van der Waals surface area contributed by atoms with Gasteiger partial charge in [-0.2, -0.15) is 0 Å². The molecule has 0 aliphatic heterocycles. The van der Waals surface area contributed by atoms with Gasteiger partial charge >= 0.3 is 0 Å². The van der Waals surface area contributed by atoms with Crippen molar-refractivity contribution < 1.29 is 9.13 Å². The lowest BCUT2D eigenvalue weighted by Gasteiger charge is -2.20. The lowest BCUT2D eigenvalue weighted by atomic mass is 9.93. The van der Waals surface area contributed by atoms with Crippen molar-refractivity contribution in [2.75, 3.05) is 13.7 Å². The van der Waals surface area contributed by atoms with E-state index in [2.05, 4.69) is 18.8 Å². The largest absolute Gasteiger partial charge is 0.494 e. The molecule has 0 saturated carbocycles. The Kier molecular flexibility index (Phi) is 4.39. The monoisotopic (exact) mass is 277 g/mol. The first-order chi connectivity index (χ1) is 9.58. The number of nitrogens with zero attached hydrogens (tertiary/aromatic N) is 2. The molecule has 0 saturated heterocycles. The molecule has 108 valence electrons. The van der Waals surface area contributed by atoms with Crippen LogP contribution in [0.15, 0.2) is 30.7 Å². The second-order valence-corrected chi connectivity index (χ2v) is 5.09. The summed E-state index contributed by atoms with van der Waals surface area (Å²) in [5.74, 6) is 0.411. The quantitative estimate of drug-likeness (QED) is 0.914. The van der Waals surface area contributed by atoms with Gasteiger partial charge in [-0.25, -0.2) is 9.37 Å². The Morgan fingerprint density at radius 3 is 2.70 bits per heavy atom. The first-order valence-electron chi connectivity index (χ1n) is 6.64. The van der Waals surface area contributed by atoms with Crippen molar-refractivity contribution in [3.8, 4) is 11.4 Å². The van der Waals surface area contributed by atoms with Gasteiger partial charge < -0.3 is 15.0 Å². The van der Waals surface area contributed by atoms with Gasteiger partial charge in [-0.3, -0.25) is 0 Å². The standard InChI is InChI=1S/C15H20FN3O/c1-10(2)12(7-17)14-8-18-9-19(14)11-4-5-15(20-3)13(16)6-11/h4-6,8-10,12H,7,17H2,1-3H3. The Morgan fingerprint density at radius 1 is 1.40 bits per heavy atom. The normalized spacial score (nSPS) is 12.7. The third-order valence-electron chi connectivity index (χ3n) is 3.52. The molecule has 0 amide bonds. The van der Waals surface area contributed by atoms with E-state index < -0.39 is 5.82 Å². The van der Waals surface area contributed by atoms with E-state index in [4.69, 9.17) is 10.5 Å². The highest BCUT2D eigenvalue weighted by Crippen LogP contribution is 2.27. The van der Waals surface area contributed by atoms with Crippen LogP contribution < -0.4 is 10.5 Å². The van der Waals surface area contributed by atoms with Gasteiger partial charge in [-0.15, -0.1) is 0 Å². The summed E-state index contributed by atoms with van der Waals surface area (Å²) in [6.07, 6.45) is 3.47. The van der Waals surface area contributed by atoms with Crippen molar-refractivity contribution in [3.05, 3.63) is 42.2 Å². The summed E-state index contributed by atoms with van der Waals surface area (Å²) in [6, 6.07) is 4.86. The number of ether oxygens (including phenoxy) is 1. The third-order valence-corrected chi connectivity index (χ3v) is 3.52. The molecule has 4 nitrogen and oxygen atoms in total. The zero-order valence-corrected chi connectivity index (χ0v) is 12.0. The molecule has 0 aliphatic carbocycles. The van der Waals surface area contributed by atoms with Gasteiger partial charge in [0.05, 0.1) is 13.4 Å². The van der Waals surface area contributed by atoms with Crippen LogP contribution in [0.1, 0.15) is 25.5 Å². The van der Waals surface area contributed by atoms with Crippen molar-refractivity contribution in [1.82, 2.24) is 9.55 Å². The van der Waals surface area contributed by atoms with Gasteiger partial charge in [0.15, 0.2) is 11.6 Å². The van der Waals surface area contributed by atoms with Gasteiger partial charge in [0, 0.05) is 36.1 Å². The topological polar surface area (TPSA) is 53.1 Å². The van der Waals surface area contributed by atoms with Crippen molar-refractivity contribution in [1.29, 1.82) is 0 Å². The van der Waals surface area contributed by atoms with Crippen molar-refractivity contribution in [2.45, 2.75) is 19.8 Å². The van der Waals surface area contributed by atoms with E-state index in [9.17, 15) is 4.39 Å². The molecule has 0 radical (unpaired) electrons. The molecule has 5 heteroatoms. The predicted molar refractivity (Wildman–Crippen MR) is 76.7 cm³/mol. The zero-order valence-electron chi connectivity index (χ0n) is 12.0. The Balaban J connectivity index is 2.44. The lowest BCUT2D eigenvalue weighted by molar-refractivity contribution is 0.386. The minimum absolute atomic E-state index is 0.183. The Labute approximate surface area is 118 Å². The number of methoxy groups -OCH3 is 1. The van der Waals surface area contributed by atoms with E-state index in [1.54, 1.807) is 24.7 Å². The van der Waals surface area contributed by atoms with E-state index >= 15 is 0 Å². The fourth-order valence-electron chi connectivity index (χ4n) is 2.33. The van der Waals surface area contributed by atoms with Gasteiger partial charge in [-0.1, -0.05) is 13.8 Å². The van der Waals surface area contributed by atoms with Crippen LogP contribution in [0.5, 0.6) is 5.75 Å². The van der Waals surface area contributed by atoms with E-state index in [0.29, 0.717) is 12.5 Å². The number of imidazole rings is 1. The maximum Gasteiger partial charge on any atom is 0.167 e. The van der Waals surface area contributed by atoms with Crippen LogP contribution >= 0.6 is 0 Å². The molecule has 0 bridgehead atoms. The van der Waals surface area contributed by atoms with E-state index in [1.807, 2.05) is 4.57 Å².